The van der Waals surface area contributed by atoms with Crippen molar-refractivity contribution in [2.45, 2.75) is 43.7 Å². The molecule has 0 aromatic heterocycles. The molecule has 0 saturated heterocycles. The number of halogens is 1. The van der Waals surface area contributed by atoms with E-state index in [9.17, 15) is 17.9 Å². The molecule has 0 fully saturated rings. The molecule has 4 N–H and O–H groups in total. The van der Waals surface area contributed by atoms with Crippen molar-refractivity contribution in [1.82, 2.24) is 4.72 Å². The number of aliphatic hydroxyl groups is 1. The van der Waals surface area contributed by atoms with Crippen LogP contribution in [0.1, 0.15) is 27.7 Å². The summed E-state index contributed by atoms with van der Waals surface area (Å²) in [6.45, 7) is 5.92. The molecular formula is C12H19FN2O3S. The third kappa shape index (κ3) is 3.23. The highest BCUT2D eigenvalue weighted by atomic mass is 32.2. The van der Waals surface area contributed by atoms with Gasteiger partial charge in [-0.3, -0.25) is 0 Å². The van der Waals surface area contributed by atoms with Crippen LogP contribution in [0.2, 0.25) is 0 Å². The van der Waals surface area contributed by atoms with Gasteiger partial charge in [0.1, 0.15) is 10.7 Å². The number of rotatable bonds is 4. The molecule has 0 aliphatic rings. The average Bonchev–Trinajstić information content (AvgIpc) is 2.12. The molecule has 1 aromatic carbocycles. The van der Waals surface area contributed by atoms with E-state index in [0.717, 1.165) is 6.07 Å². The fourth-order valence-electron chi connectivity index (χ4n) is 1.32. The number of nitrogens with one attached hydrogen (secondary N) is 1. The Kier molecular flexibility index (Phi) is 3.96. The number of hydrogen-bond acceptors (Lipinski definition) is 4. The van der Waals surface area contributed by atoms with Crippen LogP contribution in [0.5, 0.6) is 0 Å². The summed E-state index contributed by atoms with van der Waals surface area (Å²) in [7, 11) is -4.17. The lowest BCUT2D eigenvalue weighted by molar-refractivity contribution is 0.00636. The van der Waals surface area contributed by atoms with E-state index < -0.39 is 31.9 Å². The van der Waals surface area contributed by atoms with Crippen LogP contribution in [0.25, 0.3) is 0 Å². The van der Waals surface area contributed by atoms with E-state index in [1.807, 2.05) is 0 Å². The SMILES string of the molecule is CC(C)(O)C(C)(C)NS(=O)(=O)c1c(N)cccc1F. The molecule has 0 aliphatic carbocycles. The monoisotopic (exact) mass is 290 g/mol. The van der Waals surface area contributed by atoms with Gasteiger partial charge in [-0.1, -0.05) is 6.07 Å². The highest BCUT2D eigenvalue weighted by Gasteiger charge is 2.40. The molecule has 0 spiro atoms. The normalized spacial score (nSPS) is 13.6. The van der Waals surface area contributed by atoms with Crippen LogP contribution in [-0.4, -0.2) is 24.7 Å². The second-order valence-electron chi connectivity index (χ2n) is 5.45. The molecule has 0 aliphatic heterocycles. The largest absolute Gasteiger partial charge is 0.398 e. The molecule has 5 nitrogen and oxygen atoms in total. The van der Waals surface area contributed by atoms with Crippen LogP contribution >= 0.6 is 0 Å². The first kappa shape index (κ1) is 15.9. The maximum absolute atomic E-state index is 13.7. The van der Waals surface area contributed by atoms with Gasteiger partial charge in [0, 0.05) is 0 Å². The van der Waals surface area contributed by atoms with Gasteiger partial charge in [-0.25, -0.2) is 17.5 Å². The zero-order chi connectivity index (χ0) is 15.1. The zero-order valence-electron chi connectivity index (χ0n) is 11.4. The highest BCUT2D eigenvalue weighted by Crippen LogP contribution is 2.27. The Morgan fingerprint density at radius 2 is 1.79 bits per heavy atom. The van der Waals surface area contributed by atoms with Crippen LogP contribution in [-0.2, 0) is 10.0 Å². The molecule has 0 amide bonds. The number of nitrogens with two attached hydrogens (primary N) is 1. The fourth-order valence-corrected chi connectivity index (χ4v) is 3.05. The number of nitrogen functional groups attached to an aromatic ring is 1. The molecule has 1 aromatic rings. The van der Waals surface area contributed by atoms with Crippen molar-refractivity contribution in [3.8, 4) is 0 Å². The van der Waals surface area contributed by atoms with Gasteiger partial charge in [0.15, 0.2) is 0 Å². The number of benzene rings is 1. The van der Waals surface area contributed by atoms with Crippen LogP contribution in [0.15, 0.2) is 23.1 Å². The molecule has 19 heavy (non-hydrogen) atoms. The van der Waals surface area contributed by atoms with Gasteiger partial charge in [0.2, 0.25) is 10.0 Å². The molecule has 108 valence electrons. The summed E-state index contributed by atoms with van der Waals surface area (Å²) in [4.78, 5) is -0.604. The van der Waals surface area contributed by atoms with Crippen molar-refractivity contribution in [2.75, 3.05) is 5.73 Å². The Morgan fingerprint density at radius 1 is 1.26 bits per heavy atom. The number of sulfonamides is 1. The first-order valence-corrected chi connectivity index (χ1v) is 7.17. The maximum Gasteiger partial charge on any atom is 0.246 e. The van der Waals surface area contributed by atoms with Crippen LogP contribution in [0.3, 0.4) is 0 Å². The third-order valence-electron chi connectivity index (χ3n) is 3.19. The molecule has 0 unspecified atom stereocenters. The summed E-state index contributed by atoms with van der Waals surface area (Å²) in [6, 6.07) is 3.64. The summed E-state index contributed by atoms with van der Waals surface area (Å²) in [5.41, 5.74) is 2.81. The standard InChI is InChI=1S/C12H19FN2O3S/c1-11(2,12(3,4)16)15-19(17,18)10-8(13)6-5-7-9(10)14/h5-7,15-16H,14H2,1-4H3. The quantitative estimate of drug-likeness (QED) is 0.727. The van der Waals surface area contributed by atoms with Crippen molar-refractivity contribution < 1.29 is 17.9 Å². The van der Waals surface area contributed by atoms with E-state index in [2.05, 4.69) is 4.72 Å². The van der Waals surface area contributed by atoms with Crippen molar-refractivity contribution in [1.29, 1.82) is 0 Å². The molecule has 1 rings (SSSR count). The van der Waals surface area contributed by atoms with Crippen molar-refractivity contribution >= 4 is 15.7 Å². The highest BCUT2D eigenvalue weighted by molar-refractivity contribution is 7.89. The van der Waals surface area contributed by atoms with Gasteiger partial charge in [0.05, 0.1) is 16.8 Å². The predicted octanol–water partition coefficient (Wildman–Crippen LogP) is 1.24. The summed E-state index contributed by atoms with van der Waals surface area (Å²) >= 11 is 0. The lowest BCUT2D eigenvalue weighted by atomic mass is 9.87. The summed E-state index contributed by atoms with van der Waals surface area (Å²) < 4.78 is 40.3. The minimum atomic E-state index is -4.17. The van der Waals surface area contributed by atoms with Gasteiger partial charge in [-0.05, 0) is 39.8 Å². The Balaban J connectivity index is 3.28. The van der Waals surface area contributed by atoms with Gasteiger partial charge < -0.3 is 10.8 Å². The summed E-state index contributed by atoms with van der Waals surface area (Å²) in [5, 5.41) is 9.94. The molecule has 0 radical (unpaired) electrons. The number of anilines is 1. The Hall–Kier alpha value is -1.18. The lowest BCUT2D eigenvalue weighted by Crippen LogP contribution is -2.57. The zero-order valence-corrected chi connectivity index (χ0v) is 12.2. The molecule has 7 heteroatoms. The second-order valence-corrected chi connectivity index (χ2v) is 7.07. The van der Waals surface area contributed by atoms with Crippen molar-refractivity contribution in [3.05, 3.63) is 24.0 Å². The van der Waals surface area contributed by atoms with E-state index in [1.165, 1.54) is 39.8 Å². The second kappa shape index (κ2) is 4.73. The fraction of sp³-hybridized carbons (Fsp3) is 0.500. The van der Waals surface area contributed by atoms with Gasteiger partial charge >= 0.3 is 0 Å². The number of hydrogen-bond donors (Lipinski definition) is 3. The van der Waals surface area contributed by atoms with Crippen LogP contribution in [0.4, 0.5) is 10.1 Å². The van der Waals surface area contributed by atoms with Gasteiger partial charge in [-0.15, -0.1) is 0 Å². The topological polar surface area (TPSA) is 92.4 Å². The molecule has 0 heterocycles. The predicted molar refractivity (Wildman–Crippen MR) is 71.5 cm³/mol. The minimum absolute atomic E-state index is 0.181. The Morgan fingerprint density at radius 3 is 2.21 bits per heavy atom. The molecule has 0 bridgehead atoms. The van der Waals surface area contributed by atoms with Crippen molar-refractivity contribution in [2.24, 2.45) is 0 Å². The summed E-state index contributed by atoms with van der Waals surface area (Å²) in [6.07, 6.45) is 0. The van der Waals surface area contributed by atoms with Gasteiger partial charge in [0.25, 0.3) is 0 Å². The molecule has 0 atom stereocenters. The van der Waals surface area contributed by atoms with Gasteiger partial charge in [-0.2, -0.15) is 0 Å². The van der Waals surface area contributed by atoms with Crippen LogP contribution < -0.4 is 10.5 Å². The van der Waals surface area contributed by atoms with Crippen LogP contribution in [0, 0.1) is 5.82 Å². The molecular weight excluding hydrogens is 271 g/mol. The van der Waals surface area contributed by atoms with Crippen molar-refractivity contribution in [3.63, 3.8) is 0 Å². The van der Waals surface area contributed by atoms with E-state index in [4.69, 9.17) is 5.73 Å². The summed E-state index contributed by atoms with van der Waals surface area (Å²) in [5.74, 6) is -0.931. The lowest BCUT2D eigenvalue weighted by Gasteiger charge is -2.37. The average molecular weight is 290 g/mol. The Bertz CT molecular complexity index is 557. The first-order valence-electron chi connectivity index (χ1n) is 5.69. The van der Waals surface area contributed by atoms with E-state index in [-0.39, 0.29) is 5.69 Å². The molecule has 0 saturated carbocycles. The smallest absolute Gasteiger partial charge is 0.246 e. The minimum Gasteiger partial charge on any atom is -0.398 e. The van der Waals surface area contributed by atoms with E-state index in [1.54, 1.807) is 0 Å². The maximum atomic E-state index is 13.7. The Labute approximate surface area is 112 Å². The first-order chi connectivity index (χ1) is 8.38. The van der Waals surface area contributed by atoms with E-state index >= 15 is 0 Å². The third-order valence-corrected chi connectivity index (χ3v) is 4.93. The van der Waals surface area contributed by atoms with E-state index in [0.29, 0.717) is 0 Å².